The van der Waals surface area contributed by atoms with Gasteiger partial charge in [0.1, 0.15) is 0 Å². The first kappa shape index (κ1) is 15.5. The maximum Gasteiger partial charge on any atom is 0.361 e. The van der Waals surface area contributed by atoms with Crippen LogP contribution in [0.1, 0.15) is 23.0 Å². The van der Waals surface area contributed by atoms with Crippen LogP contribution in [0.4, 0.5) is 0 Å². The molecule has 2 aromatic rings. The van der Waals surface area contributed by atoms with Crippen LogP contribution in [0.15, 0.2) is 44.5 Å². The second-order valence-electron chi connectivity index (χ2n) is 4.05. The molecule has 0 saturated carbocycles. The number of thiocarbonyl (C=S) groups is 1. The van der Waals surface area contributed by atoms with E-state index < -0.39 is 11.6 Å². The van der Waals surface area contributed by atoms with Gasteiger partial charge in [0.05, 0.1) is 12.2 Å². The second kappa shape index (κ2) is 6.73. The van der Waals surface area contributed by atoms with Crippen LogP contribution in [0, 0.1) is 6.92 Å². The van der Waals surface area contributed by atoms with Gasteiger partial charge in [-0.15, -0.1) is 4.74 Å². The van der Waals surface area contributed by atoms with Gasteiger partial charge < -0.3 is 9.26 Å². The zero-order valence-corrected chi connectivity index (χ0v) is 13.1. The van der Waals surface area contributed by atoms with E-state index in [4.69, 9.17) is 21.5 Å². The number of carbonyl (C=O) groups is 1. The van der Waals surface area contributed by atoms with E-state index in [9.17, 15) is 9.59 Å². The normalized spacial score (nSPS) is 10.4. The highest BCUT2D eigenvalue weighted by Gasteiger charge is 2.24. The highest BCUT2D eigenvalue weighted by atomic mass is 32.2. The van der Waals surface area contributed by atoms with Crippen molar-refractivity contribution < 1.29 is 14.1 Å². The van der Waals surface area contributed by atoms with Gasteiger partial charge in [-0.3, -0.25) is 0 Å². The Morgan fingerprint density at radius 1 is 1.38 bits per heavy atom. The van der Waals surface area contributed by atoms with Gasteiger partial charge in [0, 0.05) is 4.90 Å². The number of nitrogens with zero attached hydrogens (tertiary/aromatic N) is 1. The molecular formula is C14H13NO4S2. The maximum atomic E-state index is 11.9. The first-order valence-corrected chi connectivity index (χ1v) is 7.44. The van der Waals surface area contributed by atoms with E-state index in [1.165, 1.54) is 18.7 Å². The number of thioether (sulfide) groups is 1. The Morgan fingerprint density at radius 3 is 2.67 bits per heavy atom. The summed E-state index contributed by atoms with van der Waals surface area (Å²) in [6, 6.07) is 9.37. The number of aromatic nitrogens is 1. The zero-order valence-electron chi connectivity index (χ0n) is 11.5. The summed E-state index contributed by atoms with van der Waals surface area (Å²) < 4.78 is 11.3. The SMILES string of the molecule is CCOC(=O)c1c(C)c(=O)on1C(=S)Sc1ccccc1. The molecule has 21 heavy (non-hydrogen) atoms. The molecule has 0 bridgehead atoms. The average Bonchev–Trinajstić information content (AvgIpc) is 2.76. The number of ether oxygens (including phenoxy) is 1. The molecule has 0 atom stereocenters. The smallest absolute Gasteiger partial charge is 0.361 e. The van der Waals surface area contributed by atoms with E-state index in [0.29, 0.717) is 0 Å². The molecule has 0 spiro atoms. The predicted octanol–water partition coefficient (Wildman–Crippen LogP) is 2.85. The molecule has 0 radical (unpaired) electrons. The molecule has 0 saturated heterocycles. The van der Waals surface area contributed by atoms with E-state index in [-0.39, 0.29) is 22.2 Å². The minimum absolute atomic E-state index is 0.0373. The number of carbonyl (C=O) groups excluding carboxylic acids is 1. The second-order valence-corrected chi connectivity index (χ2v) is 5.76. The molecule has 110 valence electrons. The van der Waals surface area contributed by atoms with Gasteiger partial charge in [-0.25, -0.2) is 9.59 Å². The molecule has 1 aromatic heterocycles. The van der Waals surface area contributed by atoms with Gasteiger partial charge >= 0.3 is 11.6 Å². The first-order valence-electron chi connectivity index (χ1n) is 6.22. The fraction of sp³-hybridized carbons (Fsp3) is 0.214. The third-order valence-electron chi connectivity index (χ3n) is 2.62. The molecule has 0 aliphatic carbocycles. The van der Waals surface area contributed by atoms with Crippen LogP contribution in [-0.2, 0) is 4.74 Å². The van der Waals surface area contributed by atoms with Crippen molar-refractivity contribution in [2.75, 3.05) is 6.61 Å². The molecule has 7 heteroatoms. The summed E-state index contributed by atoms with van der Waals surface area (Å²) in [5.74, 6) is -0.628. The minimum atomic E-state index is -0.628. The Morgan fingerprint density at radius 2 is 2.05 bits per heavy atom. The van der Waals surface area contributed by atoms with Crippen molar-refractivity contribution in [3.8, 4) is 0 Å². The summed E-state index contributed by atoms with van der Waals surface area (Å²) >= 11 is 6.47. The predicted molar refractivity (Wildman–Crippen MR) is 84.0 cm³/mol. The quantitative estimate of drug-likeness (QED) is 0.492. The largest absolute Gasteiger partial charge is 0.461 e. The molecule has 5 nitrogen and oxygen atoms in total. The van der Waals surface area contributed by atoms with E-state index in [2.05, 4.69) is 0 Å². The Bertz CT molecular complexity index is 718. The first-order chi connectivity index (χ1) is 10.0. The monoisotopic (exact) mass is 323 g/mol. The molecule has 0 aliphatic heterocycles. The molecule has 0 aliphatic rings. The highest BCUT2D eigenvalue weighted by molar-refractivity contribution is 8.23. The van der Waals surface area contributed by atoms with Gasteiger partial charge in [-0.1, -0.05) is 30.0 Å². The number of hydrogen-bond acceptors (Lipinski definition) is 6. The van der Waals surface area contributed by atoms with Crippen LogP contribution < -0.4 is 5.63 Å². The van der Waals surface area contributed by atoms with Crippen LogP contribution in [0.25, 0.3) is 0 Å². The third-order valence-corrected chi connectivity index (χ3v) is 3.89. The summed E-state index contributed by atoms with van der Waals surface area (Å²) in [5, 5.41) is 0. The number of esters is 1. The van der Waals surface area contributed by atoms with Crippen LogP contribution in [-0.4, -0.2) is 21.6 Å². The van der Waals surface area contributed by atoms with Gasteiger partial charge in [-0.2, -0.15) is 0 Å². The number of hydrogen-bond donors (Lipinski definition) is 0. The molecule has 2 rings (SSSR count). The third kappa shape index (κ3) is 3.43. The van der Waals surface area contributed by atoms with Crippen LogP contribution >= 0.6 is 24.0 Å². The Labute approximate surface area is 130 Å². The lowest BCUT2D eigenvalue weighted by Gasteiger charge is -2.07. The van der Waals surface area contributed by atoms with Crippen LogP contribution in [0.5, 0.6) is 0 Å². The maximum absolute atomic E-state index is 11.9. The summed E-state index contributed by atoms with van der Waals surface area (Å²) in [7, 11) is 0. The van der Waals surface area contributed by atoms with E-state index in [0.717, 1.165) is 9.64 Å². The van der Waals surface area contributed by atoms with Crippen LogP contribution in [0.2, 0.25) is 0 Å². The lowest BCUT2D eigenvalue weighted by molar-refractivity contribution is 0.0509. The minimum Gasteiger partial charge on any atom is -0.461 e. The summed E-state index contributed by atoms with van der Waals surface area (Å²) in [5.41, 5.74) is -0.381. The van der Waals surface area contributed by atoms with Gasteiger partial charge in [0.25, 0.3) is 0 Å². The number of benzene rings is 1. The van der Waals surface area contributed by atoms with Crippen molar-refractivity contribution in [3.05, 3.63) is 52.0 Å². The molecule has 0 fully saturated rings. The molecule has 0 amide bonds. The standard InChI is InChI=1S/C14H13NO4S2/c1-3-18-13(17)11-9(2)12(16)19-15(11)14(20)21-10-7-5-4-6-8-10/h4-8H,3H2,1-2H3. The fourth-order valence-electron chi connectivity index (χ4n) is 1.64. The fourth-order valence-corrected chi connectivity index (χ4v) is 2.76. The highest BCUT2D eigenvalue weighted by Crippen LogP contribution is 2.22. The van der Waals surface area contributed by atoms with Crippen molar-refractivity contribution in [3.63, 3.8) is 0 Å². The van der Waals surface area contributed by atoms with Crippen molar-refractivity contribution in [2.45, 2.75) is 18.7 Å². The molecule has 0 unspecified atom stereocenters. The Kier molecular flexibility index (Phi) is 4.98. The van der Waals surface area contributed by atoms with Crippen molar-refractivity contribution >= 4 is 34.3 Å². The topological polar surface area (TPSA) is 61.4 Å². The van der Waals surface area contributed by atoms with Gasteiger partial charge in [0.2, 0.25) is 0 Å². The lowest BCUT2D eigenvalue weighted by Crippen LogP contribution is -2.16. The molecule has 0 N–H and O–H groups in total. The number of rotatable bonds is 3. The van der Waals surface area contributed by atoms with Crippen LogP contribution in [0.3, 0.4) is 0 Å². The van der Waals surface area contributed by atoms with Crippen molar-refractivity contribution in [1.29, 1.82) is 0 Å². The zero-order chi connectivity index (χ0) is 15.4. The molecule has 1 aromatic carbocycles. The van der Waals surface area contributed by atoms with Crippen molar-refractivity contribution in [2.24, 2.45) is 0 Å². The summed E-state index contributed by atoms with van der Waals surface area (Å²) in [4.78, 5) is 24.5. The summed E-state index contributed by atoms with van der Waals surface area (Å²) in [6.07, 6.45) is 0. The Balaban J connectivity index is 2.35. The van der Waals surface area contributed by atoms with Gasteiger partial charge in [-0.05, 0) is 38.2 Å². The van der Waals surface area contributed by atoms with Crippen molar-refractivity contribution in [1.82, 2.24) is 4.74 Å². The lowest BCUT2D eigenvalue weighted by atomic mass is 10.3. The molecular weight excluding hydrogens is 310 g/mol. The van der Waals surface area contributed by atoms with E-state index in [1.54, 1.807) is 6.92 Å². The Hall–Kier alpha value is -1.86. The average molecular weight is 323 g/mol. The summed E-state index contributed by atoms with van der Waals surface area (Å²) in [6.45, 7) is 3.40. The van der Waals surface area contributed by atoms with E-state index in [1.807, 2.05) is 30.3 Å². The van der Waals surface area contributed by atoms with E-state index >= 15 is 0 Å². The van der Waals surface area contributed by atoms with Gasteiger partial charge in [0.15, 0.2) is 10.0 Å². The molecule has 1 heterocycles.